The number of aromatic amines is 2. The predicted octanol–water partition coefficient (Wildman–Crippen LogP) is 3.47. The van der Waals surface area contributed by atoms with E-state index in [-0.39, 0.29) is 99.7 Å². The van der Waals surface area contributed by atoms with Gasteiger partial charge in [0.15, 0.2) is 0 Å². The largest absolute Gasteiger partial charge is 0.508 e. The molecular formula is C82H105N15O16S. The SMILES string of the molecule is CCCC[C@@H]1NC(=O)[C@H](Cc2ccc(O)cc2)N(C)C(=O)CSC[C@@H](C(N)=O)NC(=O)[C@H](Cc2c[nH]c3ccccc23)NC(=O)[C@@H](Cc2ccco2)NC(=O)[C@H]([C@@H](C)CC)NC(=O)[C@H](CC(C)C)NC(=O)[C@H](Cc2c[nH]c3ccccc23)NC(=O)[C@H](Cc2ccc(O)cc2)N(C)C(=O)[C@@H]2CCCN2C(=O)[C@H](CCC(N)=O)NC1=O. The highest BCUT2D eigenvalue weighted by atomic mass is 32.2. The van der Waals surface area contributed by atoms with Crippen LogP contribution in [-0.4, -0.2) is 210 Å². The Bertz CT molecular complexity index is 4550. The predicted molar refractivity (Wildman–Crippen MR) is 427 cm³/mol. The molecule has 610 valence electrons. The smallest absolute Gasteiger partial charge is 0.245 e. The number of aromatic hydroxyl groups is 2. The first kappa shape index (κ1) is 86.3. The van der Waals surface area contributed by atoms with Crippen molar-refractivity contribution in [3.05, 3.63) is 156 Å². The van der Waals surface area contributed by atoms with Gasteiger partial charge in [-0.25, -0.2) is 0 Å². The number of nitrogens with one attached hydrogen (secondary N) is 10. The molecule has 7 aromatic rings. The Labute approximate surface area is 665 Å². The summed E-state index contributed by atoms with van der Waals surface area (Å²) in [4.78, 5) is 203. The minimum absolute atomic E-state index is 0.00181. The van der Waals surface area contributed by atoms with E-state index in [0.29, 0.717) is 63.3 Å². The van der Waals surface area contributed by atoms with Crippen LogP contribution in [0.3, 0.4) is 0 Å². The number of benzene rings is 4. The fourth-order valence-electron chi connectivity index (χ4n) is 14.2. The van der Waals surface area contributed by atoms with Crippen LogP contribution in [0.4, 0.5) is 0 Å². The molecule has 13 amide bonds. The number of carbonyl (C=O) groups is 13. The molecule has 2 fully saturated rings. The third-order valence-electron chi connectivity index (χ3n) is 21.0. The molecule has 12 atom stereocenters. The van der Waals surface area contributed by atoms with E-state index < -0.39 is 161 Å². The minimum atomic E-state index is -1.53. The summed E-state index contributed by atoms with van der Waals surface area (Å²) in [6.45, 7) is 8.95. The summed E-state index contributed by atoms with van der Waals surface area (Å²) in [5.74, 6) is -12.4. The number of carbonyl (C=O) groups excluding carboxylic acids is 13. The van der Waals surface area contributed by atoms with Crippen molar-refractivity contribution in [2.24, 2.45) is 23.3 Å². The van der Waals surface area contributed by atoms with E-state index >= 15 is 33.6 Å². The molecule has 0 bridgehead atoms. The second-order valence-electron chi connectivity index (χ2n) is 29.8. The van der Waals surface area contributed by atoms with Crippen LogP contribution in [0.2, 0.25) is 0 Å². The van der Waals surface area contributed by atoms with Crippen LogP contribution in [0.25, 0.3) is 21.8 Å². The Morgan fingerprint density at radius 2 is 1.04 bits per heavy atom. The number of thioether (sulfide) groups is 1. The number of likely N-dealkylation sites (N-methyl/N-ethyl adjacent to an activating group) is 2. The van der Waals surface area contributed by atoms with Gasteiger partial charge in [0.2, 0.25) is 76.8 Å². The number of unbranched alkanes of at least 4 members (excludes halogenated alkanes) is 1. The standard InChI is InChI=1S/C82H105N15O16S/c1-8-10-20-59-73(103)88-60(32-33-69(83)100)81(111)97-34-15-23-66(97)82(112)96(7)68(38-49-26-30-53(99)31-27-49)79(109)91-63(40-51-43-86-58-22-14-12-19-56(51)58)74(104)89-61(36-46(3)4)77(107)94-71(47(5)9-2)80(110)92-64(41-54-17-16-35-113-54)76(106)90-62(39-50-42-85-57-21-13-11-18-55(50)57)75(105)93-65(72(84)102)44-114-45-70(101)95(6)67(78(108)87-59)37-48-24-28-52(98)29-25-48/h11-14,16-19,21-22,24-31,35,42-43,46-47,59-68,71,85-86,98-99H,8-10,15,20,23,32-34,36-41,44-45H2,1-7H3,(H2,83,100)(H2,84,102)(H,87,108)(H,88,103)(H,89,104)(H,90,106)(H,91,109)(H,92,110)(H,93,105)(H,94,107)/t47-,59-,60-,61-,62-,63-,64+,65-,66-,67-,68-,71-/m0/s1. The molecule has 0 spiro atoms. The van der Waals surface area contributed by atoms with Crippen LogP contribution < -0.4 is 54.0 Å². The number of hydrogen-bond donors (Lipinski definition) is 14. The molecule has 2 aliphatic heterocycles. The van der Waals surface area contributed by atoms with Gasteiger partial charge in [0.25, 0.3) is 0 Å². The lowest BCUT2D eigenvalue weighted by atomic mass is 9.95. The lowest BCUT2D eigenvalue weighted by molar-refractivity contribution is -0.148. The summed E-state index contributed by atoms with van der Waals surface area (Å²) in [5.41, 5.74) is 15.2. The fourth-order valence-corrected chi connectivity index (χ4v) is 15.2. The molecule has 32 heteroatoms. The van der Waals surface area contributed by atoms with Crippen LogP contribution in [0, 0.1) is 11.8 Å². The van der Waals surface area contributed by atoms with E-state index in [9.17, 15) is 39.0 Å². The molecule has 2 aliphatic rings. The number of phenols is 2. The number of nitrogens with two attached hydrogens (primary N) is 2. The summed E-state index contributed by atoms with van der Waals surface area (Å²) >= 11 is 0.881. The lowest BCUT2D eigenvalue weighted by Crippen LogP contribution is -2.62. The molecular weight excluding hydrogens is 1480 g/mol. The number of aromatic nitrogens is 2. The van der Waals surface area contributed by atoms with Crippen molar-refractivity contribution >= 4 is 110 Å². The van der Waals surface area contributed by atoms with E-state index in [1.54, 1.807) is 86.9 Å². The number of hydrogen-bond acceptors (Lipinski definition) is 17. The zero-order chi connectivity index (χ0) is 82.4. The maximum atomic E-state index is 15.6. The second kappa shape index (κ2) is 40.7. The molecule has 2 saturated heterocycles. The Hall–Kier alpha value is -11.7. The van der Waals surface area contributed by atoms with Gasteiger partial charge < -0.3 is 93.3 Å². The molecule has 3 aromatic heterocycles. The maximum Gasteiger partial charge on any atom is 0.245 e. The highest BCUT2D eigenvalue weighted by Crippen LogP contribution is 2.27. The van der Waals surface area contributed by atoms with Gasteiger partial charge in [-0.3, -0.25) is 62.3 Å². The average Bonchev–Trinajstić information content (AvgIpc) is 1.60. The maximum absolute atomic E-state index is 15.6. The van der Waals surface area contributed by atoms with Crippen molar-refractivity contribution in [1.29, 1.82) is 0 Å². The van der Waals surface area contributed by atoms with Crippen LogP contribution in [0.1, 0.15) is 120 Å². The number of H-pyrrole nitrogens is 2. The number of amides is 13. The molecule has 9 rings (SSSR count). The molecule has 4 aromatic carbocycles. The highest BCUT2D eigenvalue weighted by molar-refractivity contribution is 8.00. The highest BCUT2D eigenvalue weighted by Gasteiger charge is 2.44. The second-order valence-corrected chi connectivity index (χ2v) is 30.9. The van der Waals surface area contributed by atoms with Gasteiger partial charge >= 0.3 is 0 Å². The molecule has 0 aliphatic carbocycles. The Morgan fingerprint density at radius 3 is 1.58 bits per heavy atom. The Morgan fingerprint density at radius 1 is 0.544 bits per heavy atom. The average molecular weight is 1590 g/mol. The third-order valence-corrected chi connectivity index (χ3v) is 22.0. The molecule has 5 heterocycles. The Balaban J connectivity index is 1.12. The van der Waals surface area contributed by atoms with E-state index in [1.165, 1.54) is 49.5 Å². The number of rotatable bonds is 21. The monoisotopic (exact) mass is 1590 g/mol. The summed E-state index contributed by atoms with van der Waals surface area (Å²) in [6, 6.07) is 13.5. The van der Waals surface area contributed by atoms with Crippen LogP contribution in [0.15, 0.2) is 132 Å². The number of primary amides is 2. The topological polar surface area (TPSA) is 465 Å². The zero-order valence-electron chi connectivity index (χ0n) is 65.2. The normalized spacial score (nSPS) is 23.4. The van der Waals surface area contributed by atoms with E-state index in [2.05, 4.69) is 52.5 Å². The van der Waals surface area contributed by atoms with E-state index in [0.717, 1.165) is 21.6 Å². The van der Waals surface area contributed by atoms with Crippen molar-refractivity contribution in [2.75, 3.05) is 32.1 Å². The third kappa shape index (κ3) is 23.2. The first-order valence-corrected chi connectivity index (χ1v) is 39.8. The molecule has 31 nitrogen and oxygen atoms in total. The van der Waals surface area contributed by atoms with Crippen LogP contribution in [-0.2, 0) is 94.4 Å². The van der Waals surface area contributed by atoms with Crippen molar-refractivity contribution in [3.8, 4) is 11.5 Å². The summed E-state index contributed by atoms with van der Waals surface area (Å²) in [6.07, 6.45) is 4.44. The summed E-state index contributed by atoms with van der Waals surface area (Å²) in [7, 11) is 2.72. The number of furan rings is 1. The summed E-state index contributed by atoms with van der Waals surface area (Å²) < 4.78 is 5.71. The number of fused-ring (bicyclic) bond motifs is 3. The van der Waals surface area contributed by atoms with Crippen LogP contribution in [0.5, 0.6) is 11.5 Å². The van der Waals surface area contributed by atoms with Crippen molar-refractivity contribution in [2.45, 2.75) is 191 Å². The van der Waals surface area contributed by atoms with Gasteiger partial charge in [-0.15, -0.1) is 11.8 Å². The first-order valence-electron chi connectivity index (χ1n) is 38.6. The molecule has 0 unspecified atom stereocenters. The quantitative estimate of drug-likeness (QED) is 0.0490. The number of para-hydroxylation sites is 2. The van der Waals surface area contributed by atoms with Gasteiger partial charge in [-0.2, -0.15) is 0 Å². The molecule has 16 N–H and O–H groups in total. The molecule has 0 saturated carbocycles. The Kier molecular flexibility index (Phi) is 30.8. The molecule has 114 heavy (non-hydrogen) atoms. The van der Waals surface area contributed by atoms with Crippen molar-refractivity contribution < 1.29 is 77.0 Å². The van der Waals surface area contributed by atoms with Crippen molar-refractivity contribution in [1.82, 2.24) is 67.2 Å². The van der Waals surface area contributed by atoms with Gasteiger partial charge in [-0.05, 0) is 115 Å². The number of nitrogens with zero attached hydrogens (tertiary/aromatic N) is 3. The summed E-state index contributed by atoms with van der Waals surface area (Å²) in [5, 5.41) is 44.5. The van der Waals surface area contributed by atoms with Crippen LogP contribution >= 0.6 is 11.8 Å². The van der Waals surface area contributed by atoms with Gasteiger partial charge in [0, 0.05) is 99.1 Å². The van der Waals surface area contributed by atoms with Gasteiger partial charge in [0.1, 0.15) is 83.7 Å². The van der Waals surface area contributed by atoms with Gasteiger partial charge in [-0.1, -0.05) is 115 Å². The first-order chi connectivity index (χ1) is 54.5. The zero-order valence-corrected chi connectivity index (χ0v) is 66.0. The number of phenolic OH excluding ortho intramolecular Hbond substituents is 2. The lowest BCUT2D eigenvalue weighted by Gasteiger charge is -2.35. The minimum Gasteiger partial charge on any atom is -0.508 e. The molecule has 0 radical (unpaired) electrons. The van der Waals surface area contributed by atoms with Gasteiger partial charge in [0.05, 0.1) is 12.0 Å². The van der Waals surface area contributed by atoms with E-state index in [4.69, 9.17) is 15.9 Å². The van der Waals surface area contributed by atoms with Crippen molar-refractivity contribution in [3.63, 3.8) is 0 Å². The van der Waals surface area contributed by atoms with E-state index in [1.807, 2.05) is 45.0 Å². The fraction of sp³-hybridized carbons (Fsp3) is 0.451.